The van der Waals surface area contributed by atoms with E-state index in [2.05, 4.69) is 0 Å². The van der Waals surface area contributed by atoms with Crippen molar-refractivity contribution in [1.29, 1.82) is 0 Å². The average molecular weight is 448 g/mol. The van der Waals surface area contributed by atoms with Crippen LogP contribution in [0, 0.1) is 5.41 Å². The van der Waals surface area contributed by atoms with Crippen molar-refractivity contribution in [3.8, 4) is 5.75 Å². The van der Waals surface area contributed by atoms with Crippen LogP contribution in [-0.4, -0.2) is 27.5 Å². The van der Waals surface area contributed by atoms with Crippen LogP contribution in [0.3, 0.4) is 0 Å². The first-order valence-corrected chi connectivity index (χ1v) is 12.1. The van der Waals surface area contributed by atoms with Crippen LogP contribution < -0.4 is 9.64 Å². The fraction of sp³-hybridized carbons (Fsp3) is 0.435. The fourth-order valence-corrected chi connectivity index (χ4v) is 6.63. The lowest BCUT2D eigenvalue weighted by Crippen LogP contribution is -2.42. The van der Waals surface area contributed by atoms with Crippen LogP contribution in [0.5, 0.6) is 5.75 Å². The van der Waals surface area contributed by atoms with Gasteiger partial charge in [0.05, 0.1) is 16.0 Å². The normalized spacial score (nSPS) is 20.0. The summed E-state index contributed by atoms with van der Waals surface area (Å²) in [6.45, 7) is 6.42. The number of carbonyl (C=O) groups is 1. The van der Waals surface area contributed by atoms with E-state index in [0.717, 1.165) is 6.42 Å². The van der Waals surface area contributed by atoms with Gasteiger partial charge in [-0.2, -0.15) is 0 Å². The number of nitrogens with zero attached hydrogens (tertiary/aromatic N) is 1. The zero-order valence-electron chi connectivity index (χ0n) is 17.4. The third-order valence-corrected chi connectivity index (χ3v) is 9.12. The Morgan fingerprint density at radius 2 is 1.77 bits per heavy atom. The molecule has 2 aliphatic rings. The molecule has 2 aromatic rings. The zero-order chi connectivity index (χ0) is 21.7. The molecule has 0 spiro atoms. The summed E-state index contributed by atoms with van der Waals surface area (Å²) >= 11 is 5.95. The molecule has 0 unspecified atom stereocenters. The molecule has 1 aliphatic carbocycles. The Labute approximate surface area is 182 Å². The first kappa shape index (κ1) is 21.2. The Balaban J connectivity index is 1.80. The molecule has 1 fully saturated rings. The number of ether oxygens (including phenoxy) is 1. The van der Waals surface area contributed by atoms with Crippen LogP contribution >= 0.6 is 11.6 Å². The van der Waals surface area contributed by atoms with Crippen molar-refractivity contribution in [2.24, 2.45) is 5.41 Å². The summed E-state index contributed by atoms with van der Waals surface area (Å²) in [6.07, 6.45) is 1.95. The van der Waals surface area contributed by atoms with Gasteiger partial charge < -0.3 is 9.64 Å². The van der Waals surface area contributed by atoms with Crippen molar-refractivity contribution >= 4 is 33.0 Å². The van der Waals surface area contributed by atoms with Gasteiger partial charge in [0.2, 0.25) is 5.91 Å². The molecule has 2 aromatic carbocycles. The molecule has 30 heavy (non-hydrogen) atoms. The van der Waals surface area contributed by atoms with Crippen LogP contribution in [0.1, 0.15) is 45.6 Å². The van der Waals surface area contributed by atoms with Crippen molar-refractivity contribution < 1.29 is 17.9 Å². The van der Waals surface area contributed by atoms with Gasteiger partial charge in [-0.1, -0.05) is 17.7 Å². The molecule has 0 aromatic heterocycles. The van der Waals surface area contributed by atoms with Crippen molar-refractivity contribution in [2.45, 2.75) is 49.7 Å². The number of rotatable bonds is 4. The van der Waals surface area contributed by atoms with Crippen molar-refractivity contribution in [3.05, 3.63) is 53.1 Å². The summed E-state index contributed by atoms with van der Waals surface area (Å²) in [5.74, 6) is 0.564. The summed E-state index contributed by atoms with van der Waals surface area (Å²) in [6, 6.07) is 11.8. The highest BCUT2D eigenvalue weighted by Gasteiger charge is 2.51. The number of benzene rings is 2. The van der Waals surface area contributed by atoms with Gasteiger partial charge in [0, 0.05) is 11.6 Å². The first-order chi connectivity index (χ1) is 14.1. The predicted molar refractivity (Wildman–Crippen MR) is 118 cm³/mol. The first-order valence-electron chi connectivity index (χ1n) is 10.2. The molecule has 0 bridgehead atoms. The lowest BCUT2D eigenvalue weighted by molar-refractivity contribution is -0.127. The second kappa shape index (κ2) is 7.27. The van der Waals surface area contributed by atoms with E-state index in [9.17, 15) is 13.2 Å². The van der Waals surface area contributed by atoms with Gasteiger partial charge in [-0.25, -0.2) is 8.42 Å². The van der Waals surface area contributed by atoms with Crippen LogP contribution in [0.25, 0.3) is 0 Å². The van der Waals surface area contributed by atoms with Crippen LogP contribution in [0.15, 0.2) is 47.4 Å². The number of halogens is 1. The molecular weight excluding hydrogens is 422 g/mol. The summed E-state index contributed by atoms with van der Waals surface area (Å²) in [5.41, 5.74) is 0.750. The predicted octanol–water partition coefficient (Wildman–Crippen LogP) is 4.96. The molecule has 1 heterocycles. The number of hydrogen-bond donors (Lipinski definition) is 0. The molecule has 0 atom stereocenters. The SMILES string of the molecule is CCN1C(=O)C(C)(C)COc2cc(C3(S(=O)(=O)c4ccc(Cl)cc4)CCC3)ccc21. The third kappa shape index (κ3) is 3.12. The summed E-state index contributed by atoms with van der Waals surface area (Å²) in [5, 5.41) is 0.502. The number of anilines is 1. The van der Waals surface area contributed by atoms with Crippen LogP contribution in [-0.2, 0) is 19.4 Å². The molecule has 0 radical (unpaired) electrons. The van der Waals surface area contributed by atoms with Crippen molar-refractivity contribution in [1.82, 2.24) is 0 Å². The Morgan fingerprint density at radius 3 is 2.33 bits per heavy atom. The van der Waals surface area contributed by atoms with E-state index in [1.165, 1.54) is 0 Å². The van der Waals surface area contributed by atoms with Gasteiger partial charge in [-0.3, -0.25) is 4.79 Å². The molecule has 1 amide bonds. The topological polar surface area (TPSA) is 63.7 Å². The molecular formula is C23H26ClNO4S. The Bertz CT molecular complexity index is 1090. The van der Waals surface area contributed by atoms with E-state index in [-0.39, 0.29) is 17.4 Å². The quantitative estimate of drug-likeness (QED) is 0.664. The maximum atomic E-state index is 13.6. The molecule has 1 aliphatic heterocycles. The smallest absolute Gasteiger partial charge is 0.236 e. The second-order valence-corrected chi connectivity index (χ2v) is 11.4. The van der Waals surface area contributed by atoms with Crippen LogP contribution in [0.4, 0.5) is 5.69 Å². The molecule has 160 valence electrons. The summed E-state index contributed by atoms with van der Waals surface area (Å²) in [4.78, 5) is 14.9. The van der Waals surface area contributed by atoms with Gasteiger partial charge in [-0.15, -0.1) is 0 Å². The minimum absolute atomic E-state index is 0.00337. The Morgan fingerprint density at radius 1 is 1.10 bits per heavy atom. The number of sulfone groups is 1. The molecule has 0 N–H and O–H groups in total. The Kier molecular flexibility index (Phi) is 5.14. The van der Waals surface area contributed by atoms with E-state index in [1.807, 2.05) is 39.0 Å². The maximum Gasteiger partial charge on any atom is 0.236 e. The van der Waals surface area contributed by atoms with Crippen molar-refractivity contribution in [2.75, 3.05) is 18.1 Å². The number of amides is 1. The molecule has 1 saturated carbocycles. The Hall–Kier alpha value is -2.05. The maximum absolute atomic E-state index is 13.6. The average Bonchev–Trinajstić information content (AvgIpc) is 2.76. The lowest BCUT2D eigenvalue weighted by atomic mass is 9.78. The minimum Gasteiger partial charge on any atom is -0.490 e. The number of fused-ring (bicyclic) bond motifs is 1. The third-order valence-electron chi connectivity index (χ3n) is 6.31. The van der Waals surface area contributed by atoms with Gasteiger partial charge in [0.1, 0.15) is 17.1 Å². The fourth-order valence-electron chi connectivity index (χ4n) is 4.29. The van der Waals surface area contributed by atoms with E-state index in [4.69, 9.17) is 16.3 Å². The van der Waals surface area contributed by atoms with Gasteiger partial charge in [0.25, 0.3) is 0 Å². The van der Waals surface area contributed by atoms with E-state index in [0.29, 0.717) is 41.4 Å². The van der Waals surface area contributed by atoms with E-state index >= 15 is 0 Å². The lowest BCUT2D eigenvalue weighted by Gasteiger charge is -2.41. The monoisotopic (exact) mass is 447 g/mol. The molecule has 5 nitrogen and oxygen atoms in total. The number of hydrogen-bond acceptors (Lipinski definition) is 4. The van der Waals surface area contributed by atoms with Crippen LogP contribution in [0.2, 0.25) is 5.02 Å². The van der Waals surface area contributed by atoms with E-state index in [1.54, 1.807) is 29.2 Å². The highest BCUT2D eigenvalue weighted by atomic mass is 35.5. The highest BCUT2D eigenvalue weighted by molar-refractivity contribution is 7.92. The minimum atomic E-state index is -3.62. The van der Waals surface area contributed by atoms with Gasteiger partial charge in [-0.05, 0) is 82.0 Å². The zero-order valence-corrected chi connectivity index (χ0v) is 19.0. The summed E-state index contributed by atoms with van der Waals surface area (Å²) < 4.78 is 32.3. The summed E-state index contributed by atoms with van der Waals surface area (Å²) in [7, 11) is -3.62. The standard InChI is InChI=1S/C23H26ClNO4S/c1-4-25-19-11-6-16(14-20(19)29-15-22(2,3)21(25)26)23(12-5-13-23)30(27,28)18-9-7-17(24)8-10-18/h6-11,14H,4-5,12-13,15H2,1-3H3. The van der Waals surface area contributed by atoms with Gasteiger partial charge >= 0.3 is 0 Å². The molecule has 7 heteroatoms. The van der Waals surface area contributed by atoms with Gasteiger partial charge in [0.15, 0.2) is 9.84 Å². The largest absolute Gasteiger partial charge is 0.490 e. The highest BCUT2D eigenvalue weighted by Crippen LogP contribution is 2.52. The second-order valence-electron chi connectivity index (χ2n) is 8.71. The number of carbonyl (C=O) groups excluding carboxylic acids is 1. The van der Waals surface area contributed by atoms with E-state index < -0.39 is 20.0 Å². The molecule has 0 saturated heterocycles. The van der Waals surface area contributed by atoms with Crippen molar-refractivity contribution in [3.63, 3.8) is 0 Å². The molecule has 4 rings (SSSR count).